The second-order valence-corrected chi connectivity index (χ2v) is 6.05. The minimum Gasteiger partial charge on any atom is -0.297 e. The molecule has 4 rings (SSSR count). The van der Waals surface area contributed by atoms with Gasteiger partial charge in [0.1, 0.15) is 5.82 Å². The van der Waals surface area contributed by atoms with Crippen molar-refractivity contribution in [1.29, 1.82) is 0 Å². The first-order valence-corrected chi connectivity index (χ1v) is 8.65. The summed E-state index contributed by atoms with van der Waals surface area (Å²) < 4.78 is 15.9. The van der Waals surface area contributed by atoms with Gasteiger partial charge >= 0.3 is 0 Å². The van der Waals surface area contributed by atoms with Crippen LogP contribution in [0.1, 0.15) is 11.3 Å². The van der Waals surface area contributed by atoms with Crippen LogP contribution in [0.3, 0.4) is 0 Å². The number of aromatic amines is 1. The van der Waals surface area contributed by atoms with Gasteiger partial charge in [0.25, 0.3) is 0 Å². The van der Waals surface area contributed by atoms with Crippen molar-refractivity contribution in [3.63, 3.8) is 0 Å². The molecule has 0 atom stereocenters. The summed E-state index contributed by atoms with van der Waals surface area (Å²) in [5.74, 6) is 1.05. The zero-order valence-electron chi connectivity index (χ0n) is 12.9. The molecule has 4 aromatic rings. The second kappa shape index (κ2) is 6.09. The van der Waals surface area contributed by atoms with E-state index >= 15 is 0 Å². The number of thioether (sulfide) groups is 1. The summed E-state index contributed by atoms with van der Waals surface area (Å²) in [6, 6.07) is 12.6. The van der Waals surface area contributed by atoms with Crippen molar-refractivity contribution in [3.05, 3.63) is 65.7 Å². The van der Waals surface area contributed by atoms with E-state index in [1.54, 1.807) is 12.1 Å². The Balaban J connectivity index is 1.83. The molecule has 0 spiro atoms. The molecule has 5 nitrogen and oxygen atoms in total. The number of benzene rings is 1. The first-order chi connectivity index (χ1) is 11.8. The number of rotatable bonds is 4. The highest BCUT2D eigenvalue weighted by atomic mass is 32.2. The van der Waals surface area contributed by atoms with E-state index in [2.05, 4.69) is 15.2 Å². The minimum absolute atomic E-state index is 0.222. The van der Waals surface area contributed by atoms with Crippen molar-refractivity contribution < 1.29 is 4.39 Å². The number of pyridine rings is 1. The quantitative estimate of drug-likeness (QED) is 0.578. The molecule has 0 saturated carbocycles. The van der Waals surface area contributed by atoms with Gasteiger partial charge in [-0.25, -0.2) is 9.37 Å². The van der Waals surface area contributed by atoms with Gasteiger partial charge in [-0.05, 0) is 30.0 Å². The summed E-state index contributed by atoms with van der Waals surface area (Å²) in [5.41, 5.74) is 2.35. The SMILES string of the molecule is CSc1n[nH]c(-c2nc(Cc3ccccc3F)c3ccccn23)n1. The van der Waals surface area contributed by atoms with Gasteiger partial charge < -0.3 is 0 Å². The molecule has 3 heterocycles. The molecule has 1 aromatic carbocycles. The molecule has 24 heavy (non-hydrogen) atoms. The molecule has 0 aliphatic rings. The van der Waals surface area contributed by atoms with E-state index in [-0.39, 0.29) is 5.82 Å². The Hall–Kier alpha value is -2.67. The summed E-state index contributed by atoms with van der Waals surface area (Å²) >= 11 is 1.46. The van der Waals surface area contributed by atoms with Crippen LogP contribution in [0.2, 0.25) is 0 Å². The normalized spacial score (nSPS) is 11.2. The molecular weight excluding hydrogens is 325 g/mol. The standard InChI is InChI=1S/C17H14FN5S/c1-24-17-20-15(21-22-17)16-19-13(14-8-4-5-9-23(14)16)10-11-6-2-3-7-12(11)18/h2-9H,10H2,1H3,(H,20,21,22). The van der Waals surface area contributed by atoms with Crippen molar-refractivity contribution in [2.24, 2.45) is 0 Å². The van der Waals surface area contributed by atoms with Crippen LogP contribution in [-0.4, -0.2) is 30.8 Å². The summed E-state index contributed by atoms with van der Waals surface area (Å²) in [5, 5.41) is 7.71. The predicted molar refractivity (Wildman–Crippen MR) is 91.6 cm³/mol. The van der Waals surface area contributed by atoms with Crippen LogP contribution in [0.25, 0.3) is 17.2 Å². The molecule has 3 aromatic heterocycles. The van der Waals surface area contributed by atoms with Gasteiger partial charge in [0, 0.05) is 12.6 Å². The fraction of sp³-hybridized carbons (Fsp3) is 0.118. The Kier molecular flexibility index (Phi) is 3.78. The third-order valence-electron chi connectivity index (χ3n) is 3.80. The lowest BCUT2D eigenvalue weighted by molar-refractivity contribution is 0.613. The molecule has 0 fully saturated rings. The van der Waals surface area contributed by atoms with Crippen LogP contribution >= 0.6 is 11.8 Å². The molecule has 0 amide bonds. The Morgan fingerprint density at radius 1 is 1.12 bits per heavy atom. The summed E-state index contributed by atoms with van der Waals surface area (Å²) in [6.45, 7) is 0. The fourth-order valence-corrected chi connectivity index (χ4v) is 2.98. The van der Waals surface area contributed by atoms with Crippen LogP contribution in [0.5, 0.6) is 0 Å². The molecule has 0 aliphatic heterocycles. The first kappa shape index (κ1) is 14.9. The van der Waals surface area contributed by atoms with Crippen molar-refractivity contribution in [3.8, 4) is 11.6 Å². The number of nitrogens with one attached hydrogen (secondary N) is 1. The van der Waals surface area contributed by atoms with E-state index in [1.165, 1.54) is 17.8 Å². The fourth-order valence-electron chi connectivity index (χ4n) is 2.66. The van der Waals surface area contributed by atoms with Crippen LogP contribution in [0.15, 0.2) is 53.8 Å². The molecule has 7 heteroatoms. The highest BCUT2D eigenvalue weighted by Gasteiger charge is 2.16. The monoisotopic (exact) mass is 339 g/mol. The number of halogens is 1. The van der Waals surface area contributed by atoms with E-state index in [0.29, 0.717) is 28.8 Å². The Morgan fingerprint density at radius 3 is 2.75 bits per heavy atom. The lowest BCUT2D eigenvalue weighted by atomic mass is 10.1. The summed E-state index contributed by atoms with van der Waals surface area (Å²) in [4.78, 5) is 9.12. The first-order valence-electron chi connectivity index (χ1n) is 7.42. The molecule has 0 saturated heterocycles. The smallest absolute Gasteiger partial charge is 0.208 e. The average molecular weight is 339 g/mol. The van der Waals surface area contributed by atoms with Gasteiger partial charge in [-0.3, -0.25) is 9.50 Å². The van der Waals surface area contributed by atoms with Gasteiger partial charge in [0.05, 0.1) is 11.2 Å². The van der Waals surface area contributed by atoms with E-state index < -0.39 is 0 Å². The lowest BCUT2D eigenvalue weighted by Gasteiger charge is -2.01. The van der Waals surface area contributed by atoms with Gasteiger partial charge in [-0.15, -0.1) is 5.10 Å². The van der Waals surface area contributed by atoms with Gasteiger partial charge in [0.2, 0.25) is 5.16 Å². The number of fused-ring (bicyclic) bond motifs is 1. The zero-order chi connectivity index (χ0) is 16.5. The van der Waals surface area contributed by atoms with Gasteiger partial charge in [-0.1, -0.05) is 36.0 Å². The molecule has 0 bridgehead atoms. The number of nitrogens with zero attached hydrogens (tertiary/aromatic N) is 4. The summed E-state index contributed by atoms with van der Waals surface area (Å²) in [6.07, 6.45) is 4.26. The van der Waals surface area contributed by atoms with Crippen LogP contribution in [-0.2, 0) is 6.42 Å². The second-order valence-electron chi connectivity index (χ2n) is 5.28. The van der Waals surface area contributed by atoms with E-state index in [0.717, 1.165) is 11.2 Å². The van der Waals surface area contributed by atoms with Crippen LogP contribution in [0, 0.1) is 5.82 Å². The molecule has 120 valence electrons. The molecule has 0 unspecified atom stereocenters. The largest absolute Gasteiger partial charge is 0.297 e. The number of imidazole rings is 1. The molecular formula is C17H14FN5S. The van der Waals surface area contributed by atoms with E-state index in [4.69, 9.17) is 4.98 Å². The van der Waals surface area contributed by atoms with Crippen molar-refractivity contribution in [2.45, 2.75) is 11.6 Å². The lowest BCUT2D eigenvalue weighted by Crippen LogP contribution is -1.93. The molecule has 0 radical (unpaired) electrons. The van der Waals surface area contributed by atoms with Gasteiger partial charge in [-0.2, -0.15) is 4.98 Å². The minimum atomic E-state index is -0.222. The predicted octanol–water partition coefficient (Wildman–Crippen LogP) is 3.57. The Labute approximate surface area is 142 Å². The Morgan fingerprint density at radius 2 is 1.96 bits per heavy atom. The maximum absolute atomic E-state index is 14.0. The highest BCUT2D eigenvalue weighted by molar-refractivity contribution is 7.98. The topological polar surface area (TPSA) is 58.9 Å². The van der Waals surface area contributed by atoms with Crippen LogP contribution in [0.4, 0.5) is 4.39 Å². The third kappa shape index (κ3) is 2.56. The van der Waals surface area contributed by atoms with Crippen LogP contribution < -0.4 is 0 Å². The highest BCUT2D eigenvalue weighted by Crippen LogP contribution is 2.24. The zero-order valence-corrected chi connectivity index (χ0v) is 13.7. The molecule has 1 N–H and O–H groups in total. The maximum atomic E-state index is 14.0. The number of H-pyrrole nitrogens is 1. The average Bonchev–Trinajstić information content (AvgIpc) is 3.22. The molecule has 0 aliphatic carbocycles. The number of hydrogen-bond donors (Lipinski definition) is 1. The number of aromatic nitrogens is 5. The maximum Gasteiger partial charge on any atom is 0.208 e. The third-order valence-corrected chi connectivity index (χ3v) is 4.35. The number of hydrogen-bond acceptors (Lipinski definition) is 4. The van der Waals surface area contributed by atoms with Crippen molar-refractivity contribution in [2.75, 3.05) is 6.26 Å². The van der Waals surface area contributed by atoms with Gasteiger partial charge in [0.15, 0.2) is 11.6 Å². The van der Waals surface area contributed by atoms with Crippen molar-refractivity contribution in [1.82, 2.24) is 24.6 Å². The van der Waals surface area contributed by atoms with Crippen molar-refractivity contribution >= 4 is 17.3 Å². The van der Waals surface area contributed by atoms with E-state index in [1.807, 2.05) is 41.1 Å². The Bertz CT molecular complexity index is 1010. The van der Waals surface area contributed by atoms with E-state index in [9.17, 15) is 4.39 Å². The summed E-state index contributed by atoms with van der Waals surface area (Å²) in [7, 11) is 0.